The fraction of sp³-hybridized carbons (Fsp3) is 0.538. The van der Waals surface area contributed by atoms with Crippen molar-refractivity contribution in [3.8, 4) is 0 Å². The molecule has 0 radical (unpaired) electrons. The van der Waals surface area contributed by atoms with Crippen molar-refractivity contribution in [1.82, 2.24) is 0 Å². The van der Waals surface area contributed by atoms with E-state index in [9.17, 15) is 13.2 Å². The van der Waals surface area contributed by atoms with Crippen LogP contribution in [-0.4, -0.2) is 19.6 Å². The second-order valence-electron chi connectivity index (χ2n) is 4.18. The molecule has 0 aromatic heterocycles. The molecule has 0 bridgehead atoms. The van der Waals surface area contributed by atoms with Crippen molar-refractivity contribution in [2.75, 3.05) is 13.2 Å². The predicted octanol–water partition coefficient (Wildman–Crippen LogP) is 4.55. The second kappa shape index (κ2) is 7.14. The normalized spacial score (nSPS) is 13.1. The lowest BCUT2D eigenvalue weighted by molar-refractivity contribution is 0.0167. The Morgan fingerprint density at radius 3 is 2.28 bits per heavy atom. The van der Waals surface area contributed by atoms with Crippen LogP contribution in [0.5, 0.6) is 0 Å². The van der Waals surface area contributed by atoms with E-state index in [1.165, 1.54) is 12.1 Å². The van der Waals surface area contributed by atoms with Gasteiger partial charge in [0.2, 0.25) is 0 Å². The van der Waals surface area contributed by atoms with Gasteiger partial charge in [0.15, 0.2) is 0 Å². The number of halogens is 4. The summed E-state index contributed by atoms with van der Waals surface area (Å²) in [5, 5.41) is 0. The molecule has 0 aliphatic rings. The van der Waals surface area contributed by atoms with Crippen LogP contribution in [0.2, 0.25) is 0 Å². The Balaban J connectivity index is 2.59. The lowest BCUT2D eigenvalue weighted by Crippen LogP contribution is -2.08. The molecule has 1 nitrogen and oxygen atoms in total. The van der Waals surface area contributed by atoms with E-state index in [4.69, 9.17) is 4.74 Å². The summed E-state index contributed by atoms with van der Waals surface area (Å²) in [4.78, 5) is -0.0178. The number of hydrogen-bond donors (Lipinski definition) is 0. The van der Waals surface area contributed by atoms with E-state index in [0.29, 0.717) is 6.42 Å². The molecule has 1 aromatic carbocycles. The number of hydrogen-bond acceptors (Lipinski definition) is 1. The fourth-order valence-corrected chi connectivity index (χ4v) is 2.83. The molecule has 5 heteroatoms. The minimum atomic E-state index is -2.44. The van der Waals surface area contributed by atoms with Gasteiger partial charge in [-0.2, -0.15) is 0 Å². The largest absolute Gasteiger partial charge is 0.375 e. The van der Waals surface area contributed by atoms with Gasteiger partial charge in [0, 0.05) is 11.4 Å². The molecule has 0 saturated heterocycles. The summed E-state index contributed by atoms with van der Waals surface area (Å²) >= 11 is 3.49. The van der Waals surface area contributed by atoms with Crippen molar-refractivity contribution in [2.24, 2.45) is 0 Å². The van der Waals surface area contributed by atoms with E-state index < -0.39 is 13.0 Å². The molecular formula is C13H16BrF3O. The lowest BCUT2D eigenvalue weighted by Gasteiger charge is -2.16. The van der Waals surface area contributed by atoms with Crippen LogP contribution in [0.3, 0.4) is 0 Å². The summed E-state index contributed by atoms with van der Waals surface area (Å²) in [6.45, 7) is 3.37. The van der Waals surface area contributed by atoms with Gasteiger partial charge >= 0.3 is 0 Å². The van der Waals surface area contributed by atoms with Gasteiger partial charge in [0.1, 0.15) is 12.4 Å². The first-order chi connectivity index (χ1) is 8.41. The van der Waals surface area contributed by atoms with Crippen LogP contribution in [-0.2, 0) is 4.74 Å². The summed E-state index contributed by atoms with van der Waals surface area (Å²) in [5.74, 6) is -0.262. The van der Waals surface area contributed by atoms with E-state index >= 15 is 0 Å². The van der Waals surface area contributed by atoms with Gasteiger partial charge in [0.25, 0.3) is 6.43 Å². The summed E-state index contributed by atoms with van der Waals surface area (Å²) in [5.41, 5.74) is 2.70. The van der Waals surface area contributed by atoms with Gasteiger partial charge in [-0.3, -0.25) is 0 Å². The van der Waals surface area contributed by atoms with Crippen LogP contribution in [0.25, 0.3) is 0 Å². The molecule has 1 atom stereocenters. The van der Waals surface area contributed by atoms with E-state index in [0.717, 1.165) is 16.7 Å². The average molecular weight is 325 g/mol. The third-order valence-corrected chi connectivity index (χ3v) is 3.55. The second-order valence-corrected chi connectivity index (χ2v) is 5.28. The highest BCUT2D eigenvalue weighted by molar-refractivity contribution is 9.09. The molecule has 0 saturated carbocycles. The maximum atomic E-state index is 13.1. The van der Waals surface area contributed by atoms with Gasteiger partial charge in [0.05, 0.1) is 0 Å². The Hall–Kier alpha value is -0.550. The van der Waals surface area contributed by atoms with E-state index in [-0.39, 0.29) is 17.3 Å². The van der Waals surface area contributed by atoms with Crippen LogP contribution in [0.15, 0.2) is 12.1 Å². The molecule has 1 aromatic rings. The quantitative estimate of drug-likeness (QED) is 0.551. The molecule has 0 amide bonds. The zero-order valence-corrected chi connectivity index (χ0v) is 11.9. The van der Waals surface area contributed by atoms with Crippen LogP contribution in [0, 0.1) is 19.7 Å². The molecule has 1 unspecified atom stereocenters. The topological polar surface area (TPSA) is 9.23 Å². The van der Waals surface area contributed by atoms with Crippen LogP contribution in [0.1, 0.15) is 27.9 Å². The Labute approximate surface area is 113 Å². The molecule has 0 fully saturated rings. The first-order valence-electron chi connectivity index (χ1n) is 5.68. The first-order valence-corrected chi connectivity index (χ1v) is 6.60. The smallest absolute Gasteiger partial charge is 0.261 e. The molecule has 18 heavy (non-hydrogen) atoms. The predicted molar refractivity (Wildman–Crippen MR) is 69.0 cm³/mol. The molecule has 1 rings (SSSR count). The van der Waals surface area contributed by atoms with Crippen molar-refractivity contribution >= 4 is 15.9 Å². The lowest BCUT2D eigenvalue weighted by atomic mass is 9.98. The van der Waals surface area contributed by atoms with Gasteiger partial charge in [-0.25, -0.2) is 13.2 Å². The van der Waals surface area contributed by atoms with E-state index in [2.05, 4.69) is 15.9 Å². The van der Waals surface area contributed by atoms with Crippen molar-refractivity contribution in [3.63, 3.8) is 0 Å². The number of alkyl halides is 3. The third kappa shape index (κ3) is 4.61. The number of rotatable bonds is 6. The Morgan fingerprint density at radius 1 is 1.22 bits per heavy atom. The van der Waals surface area contributed by atoms with Crippen LogP contribution >= 0.6 is 15.9 Å². The number of ether oxygens (including phenoxy) is 1. The Kier molecular flexibility index (Phi) is 6.15. The molecule has 0 spiro atoms. The highest BCUT2D eigenvalue weighted by Crippen LogP contribution is 2.32. The minimum absolute atomic E-state index is 0.0178. The monoisotopic (exact) mass is 324 g/mol. The molecular weight excluding hydrogens is 309 g/mol. The van der Waals surface area contributed by atoms with Gasteiger partial charge in [-0.1, -0.05) is 15.9 Å². The Morgan fingerprint density at radius 2 is 1.78 bits per heavy atom. The molecule has 0 aliphatic heterocycles. The molecule has 0 N–H and O–H groups in total. The number of aryl methyl sites for hydroxylation is 2. The van der Waals surface area contributed by atoms with E-state index in [1.807, 2.05) is 13.8 Å². The summed E-state index contributed by atoms with van der Waals surface area (Å²) in [7, 11) is 0. The zero-order valence-electron chi connectivity index (χ0n) is 10.4. The van der Waals surface area contributed by atoms with E-state index in [1.54, 1.807) is 0 Å². The highest BCUT2D eigenvalue weighted by atomic mass is 79.9. The van der Waals surface area contributed by atoms with Gasteiger partial charge < -0.3 is 4.74 Å². The van der Waals surface area contributed by atoms with Gasteiger partial charge in [-0.05, 0) is 49.1 Å². The standard InChI is InChI=1S/C13H16BrF3O/c1-8-5-10(15)6-9(2)13(8)11(14)3-4-18-7-12(16)17/h5-6,11-12H,3-4,7H2,1-2H3. The van der Waals surface area contributed by atoms with Crippen molar-refractivity contribution in [2.45, 2.75) is 31.5 Å². The fourth-order valence-electron chi connectivity index (χ4n) is 1.92. The third-order valence-electron chi connectivity index (χ3n) is 2.63. The number of benzene rings is 1. The van der Waals surface area contributed by atoms with Crippen molar-refractivity contribution < 1.29 is 17.9 Å². The maximum absolute atomic E-state index is 13.1. The summed E-state index contributed by atoms with van der Waals surface area (Å²) in [6.07, 6.45) is -1.87. The minimum Gasteiger partial charge on any atom is -0.375 e. The van der Waals surface area contributed by atoms with Crippen LogP contribution < -0.4 is 0 Å². The summed E-state index contributed by atoms with van der Waals surface area (Å²) in [6, 6.07) is 2.94. The molecule has 0 aliphatic carbocycles. The van der Waals surface area contributed by atoms with Gasteiger partial charge in [-0.15, -0.1) is 0 Å². The van der Waals surface area contributed by atoms with Crippen molar-refractivity contribution in [1.29, 1.82) is 0 Å². The highest BCUT2D eigenvalue weighted by Gasteiger charge is 2.14. The van der Waals surface area contributed by atoms with Crippen molar-refractivity contribution in [3.05, 3.63) is 34.6 Å². The average Bonchev–Trinajstić information content (AvgIpc) is 2.22. The SMILES string of the molecule is Cc1cc(F)cc(C)c1C(Br)CCOCC(F)F. The zero-order chi connectivity index (χ0) is 13.7. The first kappa shape index (κ1) is 15.5. The van der Waals surface area contributed by atoms with Crippen LogP contribution in [0.4, 0.5) is 13.2 Å². The maximum Gasteiger partial charge on any atom is 0.261 e. The molecule has 0 heterocycles. The Bertz CT molecular complexity index is 373. The summed E-state index contributed by atoms with van der Waals surface area (Å²) < 4.78 is 41.7. The molecule has 102 valence electrons.